The van der Waals surface area contributed by atoms with Crippen molar-refractivity contribution in [1.29, 1.82) is 0 Å². The predicted molar refractivity (Wildman–Crippen MR) is 68.3 cm³/mol. The molecule has 21 heavy (non-hydrogen) atoms. The molecule has 2 aromatic rings. The van der Waals surface area contributed by atoms with Crippen LogP contribution in [0.25, 0.3) is 0 Å². The summed E-state index contributed by atoms with van der Waals surface area (Å²) < 4.78 is 40.1. The van der Waals surface area contributed by atoms with Crippen molar-refractivity contribution in [2.24, 2.45) is 0 Å². The Morgan fingerprint density at radius 3 is 2.43 bits per heavy atom. The van der Waals surface area contributed by atoms with Gasteiger partial charge in [-0.2, -0.15) is 5.10 Å². The number of rotatable bonds is 4. The van der Waals surface area contributed by atoms with Gasteiger partial charge in [0, 0.05) is 24.0 Å². The van der Waals surface area contributed by atoms with Crippen molar-refractivity contribution in [2.75, 3.05) is 17.2 Å². The first kappa shape index (κ1) is 14.9. The minimum Gasteiger partial charge on any atom is -0.394 e. The standard InChI is InChI=1S/C12H11F3N4O2/c13-9-3-7(4-10(14)11(9)15)17-12(21)18-8-5-16-19(6-8)1-2-20/h3-6,20H,1-2H2,(H2,17,18,21). The zero-order valence-electron chi connectivity index (χ0n) is 10.6. The minimum absolute atomic E-state index is 0.110. The molecule has 0 saturated carbocycles. The van der Waals surface area contributed by atoms with Crippen molar-refractivity contribution in [3.05, 3.63) is 42.0 Å². The molecular formula is C12H11F3N4O2. The van der Waals surface area contributed by atoms with E-state index in [2.05, 4.69) is 15.7 Å². The lowest BCUT2D eigenvalue weighted by Gasteiger charge is -2.06. The van der Waals surface area contributed by atoms with Crippen LogP contribution in [-0.4, -0.2) is 27.5 Å². The van der Waals surface area contributed by atoms with E-state index in [1.54, 1.807) is 0 Å². The number of carbonyl (C=O) groups excluding carboxylic acids is 1. The van der Waals surface area contributed by atoms with Crippen LogP contribution < -0.4 is 10.6 Å². The van der Waals surface area contributed by atoms with Crippen molar-refractivity contribution >= 4 is 17.4 Å². The van der Waals surface area contributed by atoms with Crippen LogP contribution in [0.15, 0.2) is 24.5 Å². The summed E-state index contributed by atoms with van der Waals surface area (Å²) in [5.74, 6) is -4.41. The third-order valence-electron chi connectivity index (χ3n) is 2.46. The summed E-state index contributed by atoms with van der Waals surface area (Å²) in [5.41, 5.74) is 0.0932. The number of benzene rings is 1. The molecule has 2 rings (SSSR count). The summed E-state index contributed by atoms with van der Waals surface area (Å²) in [4.78, 5) is 11.6. The van der Waals surface area contributed by atoms with Gasteiger partial charge in [0.25, 0.3) is 0 Å². The molecule has 0 spiro atoms. The van der Waals surface area contributed by atoms with Gasteiger partial charge in [-0.15, -0.1) is 0 Å². The first-order valence-electron chi connectivity index (χ1n) is 5.85. The van der Waals surface area contributed by atoms with Gasteiger partial charge in [-0.05, 0) is 0 Å². The first-order valence-corrected chi connectivity index (χ1v) is 5.85. The number of hydrogen-bond acceptors (Lipinski definition) is 3. The number of aliphatic hydroxyl groups excluding tert-OH is 1. The number of amides is 2. The van der Waals surface area contributed by atoms with E-state index in [0.29, 0.717) is 17.8 Å². The molecule has 0 fully saturated rings. The maximum Gasteiger partial charge on any atom is 0.323 e. The van der Waals surface area contributed by atoms with Crippen molar-refractivity contribution < 1.29 is 23.1 Å². The minimum atomic E-state index is -1.61. The molecule has 1 aromatic heterocycles. The normalized spacial score (nSPS) is 10.5. The van der Waals surface area contributed by atoms with Gasteiger partial charge in [-0.1, -0.05) is 0 Å². The smallest absolute Gasteiger partial charge is 0.323 e. The fraction of sp³-hybridized carbons (Fsp3) is 0.167. The number of anilines is 2. The Hall–Kier alpha value is -2.55. The number of aliphatic hydroxyl groups is 1. The van der Waals surface area contributed by atoms with E-state index in [0.717, 1.165) is 0 Å². The molecule has 112 valence electrons. The van der Waals surface area contributed by atoms with Crippen molar-refractivity contribution in [2.45, 2.75) is 6.54 Å². The van der Waals surface area contributed by atoms with Gasteiger partial charge in [0.05, 0.1) is 25.0 Å². The molecule has 0 bridgehead atoms. The number of nitrogens with one attached hydrogen (secondary N) is 2. The lowest BCUT2D eigenvalue weighted by molar-refractivity contribution is 0.262. The van der Waals surface area contributed by atoms with Crippen molar-refractivity contribution in [3.63, 3.8) is 0 Å². The summed E-state index contributed by atoms with van der Waals surface area (Å²) in [5, 5.41) is 17.1. The maximum absolute atomic E-state index is 13.0. The highest BCUT2D eigenvalue weighted by Gasteiger charge is 2.12. The Balaban J connectivity index is 2.01. The van der Waals surface area contributed by atoms with E-state index in [1.165, 1.54) is 17.1 Å². The fourth-order valence-electron chi connectivity index (χ4n) is 1.57. The maximum atomic E-state index is 13.0. The molecule has 1 heterocycles. The number of urea groups is 1. The Morgan fingerprint density at radius 1 is 1.19 bits per heavy atom. The van der Waals surface area contributed by atoms with Gasteiger partial charge in [-0.3, -0.25) is 4.68 Å². The second-order valence-corrected chi connectivity index (χ2v) is 4.05. The molecule has 9 heteroatoms. The molecule has 0 unspecified atom stereocenters. The molecule has 3 N–H and O–H groups in total. The monoisotopic (exact) mass is 300 g/mol. The Morgan fingerprint density at radius 2 is 1.81 bits per heavy atom. The summed E-state index contributed by atoms with van der Waals surface area (Å²) >= 11 is 0. The third-order valence-corrected chi connectivity index (χ3v) is 2.46. The second kappa shape index (κ2) is 6.27. The largest absolute Gasteiger partial charge is 0.394 e. The van der Waals surface area contributed by atoms with E-state index in [-0.39, 0.29) is 18.8 Å². The number of carbonyl (C=O) groups is 1. The van der Waals surface area contributed by atoms with Gasteiger partial charge in [0.1, 0.15) is 0 Å². The highest BCUT2D eigenvalue weighted by molar-refractivity contribution is 5.99. The number of aromatic nitrogens is 2. The van der Waals surface area contributed by atoms with E-state index >= 15 is 0 Å². The van der Waals surface area contributed by atoms with Gasteiger partial charge < -0.3 is 15.7 Å². The van der Waals surface area contributed by atoms with Crippen LogP contribution in [0.5, 0.6) is 0 Å². The van der Waals surface area contributed by atoms with Gasteiger partial charge in [0.2, 0.25) is 0 Å². The highest BCUT2D eigenvalue weighted by Crippen LogP contribution is 2.17. The van der Waals surface area contributed by atoms with Gasteiger partial charge in [-0.25, -0.2) is 18.0 Å². The molecule has 1 aromatic carbocycles. The molecule has 0 aliphatic carbocycles. The van der Waals surface area contributed by atoms with Crippen LogP contribution in [0.1, 0.15) is 0 Å². The molecule has 0 atom stereocenters. The molecular weight excluding hydrogens is 289 g/mol. The number of nitrogens with zero attached hydrogens (tertiary/aromatic N) is 2. The molecule has 6 nitrogen and oxygen atoms in total. The Bertz CT molecular complexity index is 637. The van der Waals surface area contributed by atoms with Crippen LogP contribution in [0.2, 0.25) is 0 Å². The van der Waals surface area contributed by atoms with Crippen LogP contribution >= 0.6 is 0 Å². The van der Waals surface area contributed by atoms with Gasteiger partial charge >= 0.3 is 6.03 Å². The SMILES string of the molecule is O=C(Nc1cc(F)c(F)c(F)c1)Nc1cnn(CCO)c1. The Labute approximate surface area is 117 Å². The predicted octanol–water partition coefficient (Wildman–Crippen LogP) is 1.94. The first-order chi connectivity index (χ1) is 9.99. The molecule has 0 aliphatic heterocycles. The highest BCUT2D eigenvalue weighted by atomic mass is 19.2. The zero-order valence-corrected chi connectivity index (χ0v) is 10.6. The molecule has 0 saturated heterocycles. The van der Waals surface area contributed by atoms with E-state index in [1.807, 2.05) is 0 Å². The number of hydrogen-bond donors (Lipinski definition) is 3. The third kappa shape index (κ3) is 3.72. The average molecular weight is 300 g/mol. The zero-order chi connectivity index (χ0) is 15.4. The molecule has 0 radical (unpaired) electrons. The van der Waals surface area contributed by atoms with E-state index in [4.69, 9.17) is 5.11 Å². The molecule has 2 amide bonds. The lowest BCUT2D eigenvalue weighted by atomic mass is 10.3. The Kier molecular flexibility index (Phi) is 4.43. The summed E-state index contributed by atoms with van der Waals surface area (Å²) in [6.45, 7) is 0.152. The molecule has 0 aliphatic rings. The average Bonchev–Trinajstić information content (AvgIpc) is 2.83. The topological polar surface area (TPSA) is 79.2 Å². The quantitative estimate of drug-likeness (QED) is 0.755. The summed E-state index contributed by atoms with van der Waals surface area (Å²) in [6.07, 6.45) is 2.79. The number of halogens is 3. The fourth-order valence-corrected chi connectivity index (χ4v) is 1.57. The summed E-state index contributed by atoms with van der Waals surface area (Å²) in [7, 11) is 0. The van der Waals surface area contributed by atoms with Crippen LogP contribution in [0.4, 0.5) is 29.3 Å². The summed E-state index contributed by atoms with van der Waals surface area (Å²) in [6, 6.07) is 0.546. The van der Waals surface area contributed by atoms with Crippen molar-refractivity contribution in [3.8, 4) is 0 Å². The second-order valence-electron chi connectivity index (χ2n) is 4.05. The van der Waals surface area contributed by atoms with E-state index < -0.39 is 23.5 Å². The van der Waals surface area contributed by atoms with Crippen LogP contribution in [0.3, 0.4) is 0 Å². The van der Waals surface area contributed by atoms with Crippen molar-refractivity contribution in [1.82, 2.24) is 9.78 Å². The lowest BCUT2D eigenvalue weighted by Crippen LogP contribution is -2.19. The van der Waals surface area contributed by atoms with Gasteiger partial charge in [0.15, 0.2) is 17.5 Å². The van der Waals surface area contributed by atoms with Crippen LogP contribution in [-0.2, 0) is 6.54 Å². The van der Waals surface area contributed by atoms with E-state index in [9.17, 15) is 18.0 Å². The van der Waals surface area contributed by atoms with Crippen LogP contribution in [0, 0.1) is 17.5 Å².